The minimum Gasteiger partial charge on any atom is -0.489 e. The number of aromatic nitrogens is 2. The minimum atomic E-state index is -0.367. The minimum absolute atomic E-state index is 0.0791. The molecule has 0 bridgehead atoms. The lowest BCUT2D eigenvalue weighted by atomic mass is 10.1. The highest BCUT2D eigenvalue weighted by atomic mass is 35.5. The van der Waals surface area contributed by atoms with Crippen molar-refractivity contribution in [2.45, 2.75) is 44.3 Å². The molecule has 164 valence electrons. The lowest BCUT2D eigenvalue weighted by molar-refractivity contribution is -0.223. The average Bonchev–Trinajstić information content (AvgIpc) is 3.26. The summed E-state index contributed by atoms with van der Waals surface area (Å²) in [6.45, 7) is 0.972. The Morgan fingerprint density at radius 3 is 2.74 bits per heavy atom. The molecule has 2 aromatic carbocycles. The zero-order valence-corrected chi connectivity index (χ0v) is 19.1. The van der Waals surface area contributed by atoms with Crippen molar-refractivity contribution in [2.75, 3.05) is 6.61 Å². The Kier molecular flexibility index (Phi) is 7.75. The Morgan fingerprint density at radius 1 is 1.10 bits per heavy atom. The number of halogens is 3. The molecule has 3 atom stereocenters. The summed E-state index contributed by atoms with van der Waals surface area (Å²) in [5.41, 5.74) is 0.859. The molecule has 1 fully saturated rings. The van der Waals surface area contributed by atoms with Crippen molar-refractivity contribution >= 4 is 34.8 Å². The van der Waals surface area contributed by atoms with Crippen LogP contribution >= 0.6 is 34.8 Å². The van der Waals surface area contributed by atoms with Crippen LogP contribution in [0.5, 0.6) is 5.75 Å². The lowest BCUT2D eigenvalue weighted by Crippen LogP contribution is -2.35. The van der Waals surface area contributed by atoms with E-state index in [1.807, 2.05) is 41.1 Å². The fraction of sp³-hybridized carbons (Fsp3) is 0.348. The SMILES string of the molecule is Clc1ccc(C(Cn2ccnc2)OC2CCCC(COc3ccccc3Cl)O2)c(Cl)c1. The molecule has 31 heavy (non-hydrogen) atoms. The first-order valence-electron chi connectivity index (χ1n) is 10.2. The second-order valence-corrected chi connectivity index (χ2v) is 8.66. The van der Waals surface area contributed by atoms with Crippen LogP contribution in [-0.2, 0) is 16.0 Å². The first-order valence-corrected chi connectivity index (χ1v) is 11.3. The van der Waals surface area contributed by atoms with Gasteiger partial charge in [0.25, 0.3) is 0 Å². The molecule has 1 saturated heterocycles. The summed E-state index contributed by atoms with van der Waals surface area (Å²) in [7, 11) is 0. The standard InChI is InChI=1S/C23H23Cl3N2O3/c24-16-8-9-18(20(26)12-16)22(13-28-11-10-27-15-28)31-23-7-3-4-17(30-23)14-29-21-6-2-1-5-19(21)25/h1-2,5-6,8-12,15,17,22-23H,3-4,7,13-14H2. The Hall–Kier alpha value is -1.76. The molecular weight excluding hydrogens is 459 g/mol. The molecule has 0 spiro atoms. The summed E-state index contributed by atoms with van der Waals surface area (Å²) in [6.07, 6.45) is 7.30. The third kappa shape index (κ3) is 6.15. The van der Waals surface area contributed by atoms with Crippen LogP contribution in [0.2, 0.25) is 15.1 Å². The largest absolute Gasteiger partial charge is 0.489 e. The maximum atomic E-state index is 6.48. The van der Waals surface area contributed by atoms with E-state index < -0.39 is 0 Å². The van der Waals surface area contributed by atoms with Gasteiger partial charge in [-0.05, 0) is 43.5 Å². The number of benzene rings is 2. The molecule has 5 nitrogen and oxygen atoms in total. The van der Waals surface area contributed by atoms with Gasteiger partial charge in [-0.3, -0.25) is 0 Å². The second-order valence-electron chi connectivity index (χ2n) is 7.41. The molecule has 0 aliphatic carbocycles. The molecule has 1 aliphatic rings. The maximum absolute atomic E-state index is 6.48. The van der Waals surface area contributed by atoms with Crippen molar-refractivity contribution in [1.82, 2.24) is 9.55 Å². The van der Waals surface area contributed by atoms with Crippen molar-refractivity contribution in [2.24, 2.45) is 0 Å². The van der Waals surface area contributed by atoms with Crippen LogP contribution < -0.4 is 4.74 Å². The fourth-order valence-electron chi connectivity index (χ4n) is 3.58. The van der Waals surface area contributed by atoms with E-state index in [-0.39, 0.29) is 18.5 Å². The van der Waals surface area contributed by atoms with Crippen LogP contribution in [0, 0.1) is 0 Å². The fourth-order valence-corrected chi connectivity index (χ4v) is 4.30. The van der Waals surface area contributed by atoms with Crippen LogP contribution in [0.3, 0.4) is 0 Å². The van der Waals surface area contributed by atoms with Crippen molar-refractivity contribution in [3.05, 3.63) is 81.8 Å². The van der Waals surface area contributed by atoms with Crippen molar-refractivity contribution in [1.29, 1.82) is 0 Å². The molecule has 0 N–H and O–H groups in total. The predicted octanol–water partition coefficient (Wildman–Crippen LogP) is 6.58. The Morgan fingerprint density at radius 2 is 1.97 bits per heavy atom. The highest BCUT2D eigenvalue weighted by Crippen LogP contribution is 2.33. The van der Waals surface area contributed by atoms with Crippen LogP contribution in [0.25, 0.3) is 0 Å². The van der Waals surface area contributed by atoms with E-state index in [1.54, 1.807) is 24.7 Å². The van der Waals surface area contributed by atoms with Crippen molar-refractivity contribution in [3.8, 4) is 5.75 Å². The van der Waals surface area contributed by atoms with Gasteiger partial charge >= 0.3 is 0 Å². The van der Waals surface area contributed by atoms with Crippen LogP contribution in [0.1, 0.15) is 30.9 Å². The summed E-state index contributed by atoms with van der Waals surface area (Å²) in [6, 6.07) is 12.9. The van der Waals surface area contributed by atoms with Gasteiger partial charge in [0.05, 0.1) is 24.0 Å². The molecule has 1 aromatic heterocycles. The third-order valence-electron chi connectivity index (χ3n) is 5.13. The molecule has 3 aromatic rings. The van der Waals surface area contributed by atoms with E-state index in [1.165, 1.54) is 0 Å². The maximum Gasteiger partial charge on any atom is 0.159 e. The van der Waals surface area contributed by atoms with Gasteiger partial charge in [0.1, 0.15) is 18.5 Å². The van der Waals surface area contributed by atoms with E-state index >= 15 is 0 Å². The first kappa shape index (κ1) is 22.4. The quantitative estimate of drug-likeness (QED) is 0.365. The average molecular weight is 482 g/mol. The second kappa shape index (κ2) is 10.7. The van der Waals surface area contributed by atoms with Crippen molar-refractivity contribution in [3.63, 3.8) is 0 Å². The van der Waals surface area contributed by atoms with Gasteiger partial charge in [0.15, 0.2) is 6.29 Å². The molecule has 0 amide bonds. The van der Waals surface area contributed by atoms with Gasteiger partial charge in [0, 0.05) is 28.0 Å². The first-order chi connectivity index (χ1) is 15.1. The predicted molar refractivity (Wildman–Crippen MR) is 122 cm³/mol. The molecule has 0 saturated carbocycles. The van der Waals surface area contributed by atoms with Crippen LogP contribution in [-0.4, -0.2) is 28.6 Å². The number of hydrogen-bond acceptors (Lipinski definition) is 4. The summed E-state index contributed by atoms with van der Waals surface area (Å²) in [4.78, 5) is 4.12. The van der Waals surface area contributed by atoms with E-state index in [9.17, 15) is 0 Å². The van der Waals surface area contributed by atoms with E-state index in [0.717, 1.165) is 24.8 Å². The number of para-hydroxylation sites is 1. The smallest absolute Gasteiger partial charge is 0.159 e. The number of ether oxygens (including phenoxy) is 3. The summed E-state index contributed by atoms with van der Waals surface area (Å²) >= 11 is 18.7. The van der Waals surface area contributed by atoms with E-state index in [0.29, 0.717) is 34.0 Å². The van der Waals surface area contributed by atoms with Gasteiger partial charge in [-0.25, -0.2) is 4.98 Å². The molecule has 3 unspecified atom stereocenters. The lowest BCUT2D eigenvalue weighted by Gasteiger charge is -2.33. The van der Waals surface area contributed by atoms with Crippen molar-refractivity contribution < 1.29 is 14.2 Å². The summed E-state index contributed by atoms with van der Waals surface area (Å²) in [5.74, 6) is 0.654. The van der Waals surface area contributed by atoms with E-state index in [4.69, 9.17) is 49.0 Å². The zero-order valence-electron chi connectivity index (χ0n) is 16.8. The molecule has 8 heteroatoms. The monoisotopic (exact) mass is 480 g/mol. The number of imidazole rings is 1. The Bertz CT molecular complexity index is 984. The topological polar surface area (TPSA) is 45.5 Å². The Balaban J connectivity index is 1.42. The molecule has 1 aliphatic heterocycles. The van der Waals surface area contributed by atoms with E-state index in [2.05, 4.69) is 4.98 Å². The van der Waals surface area contributed by atoms with Crippen LogP contribution in [0.4, 0.5) is 0 Å². The highest BCUT2D eigenvalue weighted by Gasteiger charge is 2.28. The normalized spacial score (nSPS) is 19.8. The molecule has 4 rings (SSSR count). The zero-order chi connectivity index (χ0) is 21.6. The summed E-state index contributed by atoms with van der Waals surface area (Å²) in [5, 5.41) is 1.73. The highest BCUT2D eigenvalue weighted by molar-refractivity contribution is 6.35. The molecule has 0 radical (unpaired) electrons. The van der Waals surface area contributed by atoms with Gasteiger partial charge in [0.2, 0.25) is 0 Å². The van der Waals surface area contributed by atoms with Crippen LogP contribution in [0.15, 0.2) is 61.2 Å². The van der Waals surface area contributed by atoms with Gasteiger partial charge in [-0.1, -0.05) is 53.0 Å². The molecular formula is C23H23Cl3N2O3. The van der Waals surface area contributed by atoms with Gasteiger partial charge in [-0.2, -0.15) is 0 Å². The van der Waals surface area contributed by atoms with Gasteiger partial charge in [-0.15, -0.1) is 0 Å². The summed E-state index contributed by atoms with van der Waals surface area (Å²) < 4.78 is 20.4. The third-order valence-corrected chi connectivity index (χ3v) is 6.01. The number of hydrogen-bond donors (Lipinski definition) is 0. The van der Waals surface area contributed by atoms with Gasteiger partial charge < -0.3 is 18.8 Å². The number of nitrogens with zero attached hydrogens (tertiary/aromatic N) is 2. The molecule has 2 heterocycles. The number of rotatable bonds is 8. The Labute approximate surface area is 196 Å².